The van der Waals surface area contributed by atoms with E-state index in [9.17, 15) is 4.79 Å². The minimum Gasteiger partial charge on any atom is -0.351 e. The lowest BCUT2D eigenvalue weighted by atomic mass is 9.87. The van der Waals surface area contributed by atoms with Gasteiger partial charge in [-0.25, -0.2) is 0 Å². The molecule has 76 valence electrons. The highest BCUT2D eigenvalue weighted by molar-refractivity contribution is 7.81. The van der Waals surface area contributed by atoms with E-state index < -0.39 is 0 Å². The molecule has 0 aromatic heterocycles. The molecule has 1 fully saturated rings. The second-order valence-electron chi connectivity index (χ2n) is 4.29. The van der Waals surface area contributed by atoms with Crippen LogP contribution >= 0.6 is 25.3 Å². The second kappa shape index (κ2) is 3.73. The van der Waals surface area contributed by atoms with E-state index in [0.29, 0.717) is 11.7 Å². The predicted octanol–water partition coefficient (Wildman–Crippen LogP) is 1.38. The van der Waals surface area contributed by atoms with Crippen LogP contribution in [-0.4, -0.2) is 22.4 Å². The summed E-state index contributed by atoms with van der Waals surface area (Å²) < 4.78 is -0.160. The van der Waals surface area contributed by atoms with Crippen molar-refractivity contribution in [1.82, 2.24) is 5.32 Å². The largest absolute Gasteiger partial charge is 0.351 e. The standard InChI is InChI=1S/C9H17NOS2/c1-5-6(4-12)8(11)10-7(5)9(2,3)13/h5-7,12-13H,4H2,1-3H3,(H,10,11)/t5-,6+,7?/m0/s1. The number of hydrogen-bond donors (Lipinski definition) is 3. The van der Waals surface area contributed by atoms with Crippen molar-refractivity contribution >= 4 is 31.2 Å². The lowest BCUT2D eigenvalue weighted by Crippen LogP contribution is -2.43. The molecule has 0 aromatic rings. The molecule has 0 aliphatic carbocycles. The van der Waals surface area contributed by atoms with E-state index in [1.807, 2.05) is 13.8 Å². The Morgan fingerprint density at radius 1 is 1.54 bits per heavy atom. The molecule has 2 nitrogen and oxygen atoms in total. The van der Waals surface area contributed by atoms with Crippen LogP contribution in [0.3, 0.4) is 0 Å². The van der Waals surface area contributed by atoms with E-state index in [-0.39, 0.29) is 22.6 Å². The Morgan fingerprint density at radius 3 is 2.31 bits per heavy atom. The zero-order valence-corrected chi connectivity index (χ0v) is 10.0. The van der Waals surface area contributed by atoms with Gasteiger partial charge in [0.05, 0.1) is 5.92 Å². The normalized spacial score (nSPS) is 34.8. The van der Waals surface area contributed by atoms with Crippen LogP contribution in [-0.2, 0) is 4.79 Å². The molecule has 1 heterocycles. The Hall–Kier alpha value is 0.170. The highest BCUT2D eigenvalue weighted by Crippen LogP contribution is 2.33. The van der Waals surface area contributed by atoms with Crippen LogP contribution in [0.25, 0.3) is 0 Å². The molecule has 13 heavy (non-hydrogen) atoms. The molecule has 0 aromatic carbocycles. The fraction of sp³-hybridized carbons (Fsp3) is 0.889. The molecule has 4 heteroatoms. The van der Waals surface area contributed by atoms with Crippen LogP contribution in [0.2, 0.25) is 0 Å². The van der Waals surface area contributed by atoms with Crippen molar-refractivity contribution < 1.29 is 4.79 Å². The van der Waals surface area contributed by atoms with Crippen molar-refractivity contribution in [3.63, 3.8) is 0 Å². The van der Waals surface area contributed by atoms with Gasteiger partial charge in [-0.1, -0.05) is 6.92 Å². The third-order valence-corrected chi connectivity index (χ3v) is 3.42. The summed E-state index contributed by atoms with van der Waals surface area (Å²) in [5, 5.41) is 2.98. The average Bonchev–Trinajstić information content (AvgIpc) is 2.25. The lowest BCUT2D eigenvalue weighted by molar-refractivity contribution is -0.122. The SMILES string of the molecule is C[C@@H]1C(C(C)(C)S)NC(=O)[C@@H]1CS. The Bertz CT molecular complexity index is 212. The van der Waals surface area contributed by atoms with Crippen molar-refractivity contribution in [2.45, 2.75) is 31.6 Å². The van der Waals surface area contributed by atoms with Crippen LogP contribution in [0.4, 0.5) is 0 Å². The molecule has 1 N–H and O–H groups in total. The molecule has 1 aliphatic heterocycles. The van der Waals surface area contributed by atoms with Gasteiger partial charge in [-0.05, 0) is 19.8 Å². The maximum absolute atomic E-state index is 11.5. The number of carbonyl (C=O) groups excluding carboxylic acids is 1. The highest BCUT2D eigenvalue weighted by atomic mass is 32.1. The molecule has 0 spiro atoms. The number of thiol groups is 2. The lowest BCUT2D eigenvalue weighted by Gasteiger charge is -2.29. The molecule has 1 unspecified atom stereocenters. The van der Waals surface area contributed by atoms with Gasteiger partial charge in [-0.3, -0.25) is 4.79 Å². The maximum atomic E-state index is 11.5. The van der Waals surface area contributed by atoms with Crippen LogP contribution in [0.15, 0.2) is 0 Å². The quantitative estimate of drug-likeness (QED) is 0.602. The number of nitrogens with one attached hydrogen (secondary N) is 1. The molecule has 3 atom stereocenters. The van der Waals surface area contributed by atoms with Gasteiger partial charge in [0, 0.05) is 16.5 Å². The molecular weight excluding hydrogens is 202 g/mol. The first-order chi connectivity index (χ1) is 5.88. The molecular formula is C9H17NOS2. The first-order valence-corrected chi connectivity index (χ1v) is 5.59. The van der Waals surface area contributed by atoms with Crippen molar-refractivity contribution in [1.29, 1.82) is 0 Å². The molecule has 1 saturated heterocycles. The Morgan fingerprint density at radius 2 is 2.08 bits per heavy atom. The highest BCUT2D eigenvalue weighted by Gasteiger charge is 2.44. The monoisotopic (exact) mass is 219 g/mol. The molecule has 0 saturated carbocycles. The molecule has 1 aliphatic rings. The Balaban J connectivity index is 2.79. The number of carbonyl (C=O) groups is 1. The second-order valence-corrected chi connectivity index (χ2v) is 5.81. The fourth-order valence-corrected chi connectivity index (χ4v) is 2.73. The van der Waals surface area contributed by atoms with Crippen molar-refractivity contribution in [3.05, 3.63) is 0 Å². The minimum absolute atomic E-state index is 0.0414. The fourth-order valence-electron chi connectivity index (χ4n) is 1.93. The average molecular weight is 219 g/mol. The van der Waals surface area contributed by atoms with E-state index in [1.54, 1.807) is 0 Å². The van der Waals surface area contributed by atoms with E-state index in [2.05, 4.69) is 37.5 Å². The summed E-state index contributed by atoms with van der Waals surface area (Å²) in [5.41, 5.74) is 0. The predicted molar refractivity (Wildman–Crippen MR) is 61.5 cm³/mol. The van der Waals surface area contributed by atoms with Gasteiger partial charge in [0.2, 0.25) is 5.91 Å². The van der Waals surface area contributed by atoms with Crippen molar-refractivity contribution in [2.24, 2.45) is 11.8 Å². The summed E-state index contributed by atoms with van der Waals surface area (Å²) in [6, 6.07) is 0.153. The van der Waals surface area contributed by atoms with Gasteiger partial charge >= 0.3 is 0 Å². The zero-order chi connectivity index (χ0) is 10.2. The van der Waals surface area contributed by atoms with Gasteiger partial charge in [0.25, 0.3) is 0 Å². The van der Waals surface area contributed by atoms with Crippen LogP contribution in [0.5, 0.6) is 0 Å². The summed E-state index contributed by atoms with van der Waals surface area (Å²) in [6.45, 7) is 6.14. The smallest absolute Gasteiger partial charge is 0.224 e. The van der Waals surface area contributed by atoms with Gasteiger partial charge < -0.3 is 5.32 Å². The van der Waals surface area contributed by atoms with Crippen LogP contribution in [0.1, 0.15) is 20.8 Å². The van der Waals surface area contributed by atoms with E-state index in [4.69, 9.17) is 0 Å². The van der Waals surface area contributed by atoms with E-state index >= 15 is 0 Å². The van der Waals surface area contributed by atoms with Crippen molar-refractivity contribution in [3.8, 4) is 0 Å². The molecule has 0 bridgehead atoms. The van der Waals surface area contributed by atoms with Gasteiger partial charge in [-0.15, -0.1) is 0 Å². The maximum Gasteiger partial charge on any atom is 0.224 e. The van der Waals surface area contributed by atoms with E-state index in [1.165, 1.54) is 0 Å². The molecule has 0 radical (unpaired) electrons. The van der Waals surface area contributed by atoms with Crippen molar-refractivity contribution in [2.75, 3.05) is 5.75 Å². The molecule has 1 amide bonds. The number of amides is 1. The zero-order valence-electron chi connectivity index (χ0n) is 8.24. The summed E-state index contributed by atoms with van der Waals surface area (Å²) >= 11 is 8.67. The van der Waals surface area contributed by atoms with Crippen LogP contribution < -0.4 is 5.32 Å². The third kappa shape index (κ3) is 2.15. The third-order valence-electron chi connectivity index (χ3n) is 2.75. The van der Waals surface area contributed by atoms with Gasteiger partial charge in [-0.2, -0.15) is 25.3 Å². The number of hydrogen-bond acceptors (Lipinski definition) is 3. The first-order valence-electron chi connectivity index (χ1n) is 4.51. The topological polar surface area (TPSA) is 29.1 Å². The Labute approximate surface area is 90.7 Å². The van der Waals surface area contributed by atoms with Gasteiger partial charge in [0.1, 0.15) is 0 Å². The van der Waals surface area contributed by atoms with Gasteiger partial charge in [0.15, 0.2) is 0 Å². The van der Waals surface area contributed by atoms with E-state index in [0.717, 1.165) is 0 Å². The minimum atomic E-state index is -0.160. The van der Waals surface area contributed by atoms with Crippen LogP contribution in [0, 0.1) is 11.8 Å². The summed E-state index contributed by atoms with van der Waals surface area (Å²) in [6.07, 6.45) is 0. The molecule has 1 rings (SSSR count). The summed E-state index contributed by atoms with van der Waals surface area (Å²) in [5.74, 6) is 1.10. The number of rotatable bonds is 2. The summed E-state index contributed by atoms with van der Waals surface area (Å²) in [7, 11) is 0. The Kier molecular flexibility index (Phi) is 3.23. The first kappa shape index (κ1) is 11.2. The summed E-state index contributed by atoms with van der Waals surface area (Å²) in [4.78, 5) is 11.5.